The van der Waals surface area contributed by atoms with E-state index in [1.54, 1.807) is 47.4 Å². The topological polar surface area (TPSA) is 95.9 Å². The highest BCUT2D eigenvalue weighted by atomic mass is 16.5. The molecule has 0 aromatic heterocycles. The zero-order valence-electron chi connectivity index (χ0n) is 17.7. The Morgan fingerprint density at radius 1 is 1.19 bits per heavy atom. The number of phenols is 1. The number of nitrogens with one attached hydrogen (secondary N) is 1. The second-order valence-corrected chi connectivity index (χ2v) is 8.16. The molecule has 3 unspecified atom stereocenters. The van der Waals surface area contributed by atoms with Crippen LogP contribution in [0.1, 0.15) is 34.3 Å². The van der Waals surface area contributed by atoms with Crippen molar-refractivity contribution in [1.82, 2.24) is 10.2 Å². The summed E-state index contributed by atoms with van der Waals surface area (Å²) in [6.45, 7) is 4.18. The van der Waals surface area contributed by atoms with Crippen molar-refractivity contribution in [3.63, 3.8) is 0 Å². The number of hydrogen-bond donors (Lipinski definition) is 2. The SMILES string of the molecule is C=Cc1ccc(C(=O)NC(Cc2ccc(O)cc2)C(=O)N2CCCC3OCC(=O)C32)cc1. The van der Waals surface area contributed by atoms with E-state index in [1.807, 2.05) is 0 Å². The Bertz CT molecular complexity index is 1020. The highest BCUT2D eigenvalue weighted by Gasteiger charge is 2.45. The van der Waals surface area contributed by atoms with E-state index in [0.29, 0.717) is 12.1 Å². The summed E-state index contributed by atoms with van der Waals surface area (Å²) in [5, 5.41) is 12.4. The molecule has 2 aliphatic rings. The number of phenolic OH excluding ortho intramolecular Hbond substituents is 1. The Balaban J connectivity index is 1.58. The highest BCUT2D eigenvalue weighted by molar-refractivity contribution is 5.99. The number of ketones is 1. The normalized spacial score (nSPS) is 21.0. The van der Waals surface area contributed by atoms with E-state index < -0.39 is 12.1 Å². The Labute approximate surface area is 186 Å². The van der Waals surface area contributed by atoms with Crippen LogP contribution < -0.4 is 5.32 Å². The van der Waals surface area contributed by atoms with Crippen LogP contribution in [0, 0.1) is 0 Å². The van der Waals surface area contributed by atoms with Crippen LogP contribution in [0.3, 0.4) is 0 Å². The van der Waals surface area contributed by atoms with Crippen molar-refractivity contribution >= 4 is 23.7 Å². The molecule has 166 valence electrons. The van der Waals surface area contributed by atoms with E-state index in [2.05, 4.69) is 11.9 Å². The largest absolute Gasteiger partial charge is 0.508 e. The molecule has 3 atom stereocenters. The standard InChI is InChI=1S/C25H26N2O5/c1-2-16-5-9-18(10-6-16)24(30)26-20(14-17-7-11-19(28)12-8-17)25(31)27-13-3-4-22-23(27)21(29)15-32-22/h2,5-12,20,22-23,28H,1,3-4,13-15H2,(H,26,30). The lowest BCUT2D eigenvalue weighted by Gasteiger charge is -2.37. The van der Waals surface area contributed by atoms with Gasteiger partial charge in [-0.1, -0.05) is 36.9 Å². The summed E-state index contributed by atoms with van der Waals surface area (Å²) in [5.41, 5.74) is 2.10. The van der Waals surface area contributed by atoms with Crippen molar-refractivity contribution < 1.29 is 24.2 Å². The molecule has 0 spiro atoms. The van der Waals surface area contributed by atoms with Gasteiger partial charge in [0.2, 0.25) is 5.91 Å². The van der Waals surface area contributed by atoms with Crippen molar-refractivity contribution in [3.05, 3.63) is 71.8 Å². The summed E-state index contributed by atoms with van der Waals surface area (Å²) in [4.78, 5) is 40.5. The average Bonchev–Trinajstić information content (AvgIpc) is 3.20. The molecule has 7 heteroatoms. The second kappa shape index (κ2) is 9.36. The minimum absolute atomic E-state index is 0.0176. The third-order valence-corrected chi connectivity index (χ3v) is 6.02. The predicted molar refractivity (Wildman–Crippen MR) is 119 cm³/mol. The minimum Gasteiger partial charge on any atom is -0.508 e. The molecule has 0 aliphatic carbocycles. The fourth-order valence-electron chi connectivity index (χ4n) is 4.32. The maximum Gasteiger partial charge on any atom is 0.251 e. The minimum atomic E-state index is -0.863. The first-order chi connectivity index (χ1) is 15.5. The van der Waals surface area contributed by atoms with Gasteiger partial charge in [-0.2, -0.15) is 0 Å². The van der Waals surface area contributed by atoms with Crippen LogP contribution in [-0.4, -0.2) is 58.9 Å². The van der Waals surface area contributed by atoms with Gasteiger partial charge in [-0.3, -0.25) is 14.4 Å². The molecule has 2 heterocycles. The number of amides is 2. The van der Waals surface area contributed by atoms with Crippen molar-refractivity contribution in [1.29, 1.82) is 0 Å². The lowest BCUT2D eigenvalue weighted by molar-refractivity contribution is -0.142. The smallest absolute Gasteiger partial charge is 0.251 e. The second-order valence-electron chi connectivity index (χ2n) is 8.16. The fourth-order valence-corrected chi connectivity index (χ4v) is 4.32. The van der Waals surface area contributed by atoms with Gasteiger partial charge in [-0.15, -0.1) is 0 Å². The summed E-state index contributed by atoms with van der Waals surface area (Å²) < 4.78 is 5.57. The summed E-state index contributed by atoms with van der Waals surface area (Å²) in [7, 11) is 0. The Kier molecular flexibility index (Phi) is 6.37. The third kappa shape index (κ3) is 4.57. The van der Waals surface area contributed by atoms with Gasteiger partial charge in [0.15, 0.2) is 5.78 Å². The highest BCUT2D eigenvalue weighted by Crippen LogP contribution is 2.27. The molecule has 0 saturated carbocycles. The van der Waals surface area contributed by atoms with Crippen LogP contribution in [0.5, 0.6) is 5.75 Å². The van der Waals surface area contributed by atoms with E-state index in [0.717, 1.165) is 24.0 Å². The molecule has 2 saturated heterocycles. The van der Waals surface area contributed by atoms with Crippen LogP contribution in [0.4, 0.5) is 0 Å². The fraction of sp³-hybridized carbons (Fsp3) is 0.320. The molecule has 2 aliphatic heterocycles. The van der Waals surface area contributed by atoms with Gasteiger partial charge in [0.25, 0.3) is 5.91 Å². The van der Waals surface area contributed by atoms with Gasteiger partial charge in [-0.25, -0.2) is 0 Å². The number of carbonyl (C=O) groups excluding carboxylic acids is 3. The first kappa shape index (κ1) is 21.8. The molecule has 7 nitrogen and oxygen atoms in total. The number of benzene rings is 2. The maximum absolute atomic E-state index is 13.6. The van der Waals surface area contributed by atoms with Gasteiger partial charge in [-0.05, 0) is 48.2 Å². The first-order valence-corrected chi connectivity index (χ1v) is 10.7. The van der Waals surface area contributed by atoms with Crippen LogP contribution in [-0.2, 0) is 20.7 Å². The van der Waals surface area contributed by atoms with E-state index in [1.165, 1.54) is 12.1 Å². The van der Waals surface area contributed by atoms with E-state index in [9.17, 15) is 19.5 Å². The summed E-state index contributed by atoms with van der Waals surface area (Å²) in [5.74, 6) is -0.656. The van der Waals surface area contributed by atoms with E-state index in [4.69, 9.17) is 4.74 Å². The van der Waals surface area contributed by atoms with E-state index in [-0.39, 0.29) is 42.5 Å². The quantitative estimate of drug-likeness (QED) is 0.728. The van der Waals surface area contributed by atoms with Crippen LogP contribution in [0.15, 0.2) is 55.1 Å². The summed E-state index contributed by atoms with van der Waals surface area (Å²) in [6.07, 6.45) is 3.12. The first-order valence-electron chi connectivity index (χ1n) is 10.7. The van der Waals surface area contributed by atoms with Gasteiger partial charge in [0.05, 0.1) is 6.10 Å². The zero-order chi connectivity index (χ0) is 22.7. The van der Waals surface area contributed by atoms with E-state index >= 15 is 0 Å². The number of nitrogens with zero attached hydrogens (tertiary/aromatic N) is 1. The molecule has 32 heavy (non-hydrogen) atoms. The molecule has 2 aromatic rings. The van der Waals surface area contributed by atoms with Crippen molar-refractivity contribution in [2.24, 2.45) is 0 Å². The Morgan fingerprint density at radius 3 is 2.59 bits per heavy atom. The molecular formula is C25H26N2O5. The Morgan fingerprint density at radius 2 is 1.91 bits per heavy atom. The van der Waals surface area contributed by atoms with Gasteiger partial charge in [0, 0.05) is 18.5 Å². The monoisotopic (exact) mass is 434 g/mol. The number of ether oxygens (including phenoxy) is 1. The van der Waals surface area contributed by atoms with Crippen LogP contribution in [0.2, 0.25) is 0 Å². The molecule has 0 bridgehead atoms. The number of fused-ring (bicyclic) bond motifs is 1. The number of rotatable bonds is 6. The van der Waals surface area contributed by atoms with Crippen molar-refractivity contribution in [3.8, 4) is 5.75 Å². The molecular weight excluding hydrogens is 408 g/mol. The van der Waals surface area contributed by atoms with Crippen molar-refractivity contribution in [2.45, 2.75) is 37.5 Å². The average molecular weight is 434 g/mol. The van der Waals surface area contributed by atoms with Crippen LogP contribution in [0.25, 0.3) is 6.08 Å². The molecule has 2 amide bonds. The van der Waals surface area contributed by atoms with Gasteiger partial charge < -0.3 is 20.1 Å². The summed E-state index contributed by atoms with van der Waals surface area (Å²) >= 11 is 0. The predicted octanol–water partition coefficient (Wildman–Crippen LogP) is 2.34. The number of piperidine rings is 1. The molecule has 0 radical (unpaired) electrons. The van der Waals surface area contributed by atoms with Crippen LogP contribution >= 0.6 is 0 Å². The summed E-state index contributed by atoms with van der Waals surface area (Å²) in [6, 6.07) is 12.0. The number of aromatic hydroxyl groups is 1. The van der Waals surface area contributed by atoms with Gasteiger partial charge >= 0.3 is 0 Å². The number of likely N-dealkylation sites (tertiary alicyclic amines) is 1. The zero-order valence-corrected chi connectivity index (χ0v) is 17.7. The number of Topliss-reactive ketones (excluding diaryl/α,β-unsaturated/α-hetero) is 1. The molecule has 2 aromatic carbocycles. The molecule has 2 fully saturated rings. The molecule has 4 rings (SSSR count). The number of hydrogen-bond acceptors (Lipinski definition) is 5. The lowest BCUT2D eigenvalue weighted by Crippen LogP contribution is -2.58. The lowest BCUT2D eigenvalue weighted by atomic mass is 9.95. The van der Waals surface area contributed by atoms with Gasteiger partial charge in [0.1, 0.15) is 24.4 Å². The number of carbonyl (C=O) groups is 3. The molecule has 2 N–H and O–H groups in total. The maximum atomic E-state index is 13.6. The van der Waals surface area contributed by atoms with Crippen molar-refractivity contribution in [2.75, 3.05) is 13.2 Å². The third-order valence-electron chi connectivity index (χ3n) is 6.02. The Hall–Kier alpha value is -3.45.